The molecule has 11 heteroatoms. The molecule has 0 aromatic carbocycles. The van der Waals surface area contributed by atoms with Crippen LogP contribution >= 0.6 is 22.9 Å². The number of carbonyl (C=O) groups is 1. The van der Waals surface area contributed by atoms with Crippen LogP contribution in [-0.4, -0.2) is 40.3 Å². The smallest absolute Gasteiger partial charge is 0.407 e. The van der Waals surface area contributed by atoms with Crippen LogP contribution in [0, 0.1) is 0 Å². The number of oxime groups is 1. The molecule has 33 heavy (non-hydrogen) atoms. The molecule has 3 aromatic rings. The van der Waals surface area contributed by atoms with E-state index in [9.17, 15) is 14.4 Å². The molecule has 0 fully saturated rings. The lowest BCUT2D eigenvalue weighted by molar-refractivity contribution is 0.0476. The van der Waals surface area contributed by atoms with E-state index in [1.807, 2.05) is 17.5 Å². The van der Waals surface area contributed by atoms with Crippen molar-refractivity contribution in [3.63, 3.8) is 0 Å². The number of aromatic nitrogens is 1. The molecule has 2 atom stereocenters. The summed E-state index contributed by atoms with van der Waals surface area (Å²) in [5.74, 6) is 0.280. The number of hydrogen-bond acceptors (Lipinski definition) is 8. The standard InChI is InChI=1S/C22H26ClFN4O4S/c1-12(24)15(27-21(29)32-22(2,3)4)8-17-14(11-26-30)19-20(31-17)16(9-18(23)28-19)25-10-13-6-5-7-33-13/h5-7,9,11-12,15,30H,8,10H2,1-4H3,(H,25,28)(H,27,29)/b26-11-/t12-,15+/m0/s1. The van der Waals surface area contributed by atoms with E-state index in [0.717, 1.165) is 11.1 Å². The number of pyridine rings is 1. The first-order valence-corrected chi connectivity index (χ1v) is 11.5. The molecule has 3 heterocycles. The van der Waals surface area contributed by atoms with Gasteiger partial charge in [-0.25, -0.2) is 14.2 Å². The van der Waals surface area contributed by atoms with Crippen LogP contribution in [-0.2, 0) is 17.7 Å². The number of amides is 1. The second-order valence-corrected chi connectivity index (χ2v) is 9.84. The SMILES string of the molecule is C[C@H](F)[C@@H](Cc1oc2c(NCc3cccs3)cc(Cl)nc2c1/C=N\O)NC(=O)OC(C)(C)C. The third kappa shape index (κ3) is 6.58. The van der Waals surface area contributed by atoms with Gasteiger partial charge in [-0.2, -0.15) is 0 Å². The average Bonchev–Trinajstić information content (AvgIpc) is 3.33. The van der Waals surface area contributed by atoms with E-state index in [1.54, 1.807) is 38.2 Å². The fraction of sp³-hybridized carbons (Fsp3) is 0.409. The highest BCUT2D eigenvalue weighted by Crippen LogP contribution is 2.33. The predicted molar refractivity (Wildman–Crippen MR) is 127 cm³/mol. The maximum Gasteiger partial charge on any atom is 0.407 e. The lowest BCUT2D eigenvalue weighted by atomic mass is 10.1. The second-order valence-electron chi connectivity index (χ2n) is 8.42. The maximum atomic E-state index is 14.4. The Labute approximate surface area is 199 Å². The number of nitrogens with zero attached hydrogens (tertiary/aromatic N) is 2. The number of hydrogen-bond donors (Lipinski definition) is 3. The van der Waals surface area contributed by atoms with E-state index < -0.39 is 23.9 Å². The van der Waals surface area contributed by atoms with Crippen LogP contribution in [0.15, 0.2) is 33.2 Å². The molecule has 0 aliphatic heterocycles. The number of nitrogens with one attached hydrogen (secondary N) is 2. The third-order valence-corrected chi connectivity index (χ3v) is 5.67. The van der Waals surface area contributed by atoms with Gasteiger partial charge in [-0.05, 0) is 39.1 Å². The maximum absolute atomic E-state index is 14.4. The van der Waals surface area contributed by atoms with E-state index in [1.165, 1.54) is 6.92 Å². The molecule has 0 saturated heterocycles. The van der Waals surface area contributed by atoms with Crippen molar-refractivity contribution in [1.29, 1.82) is 0 Å². The van der Waals surface area contributed by atoms with Crippen LogP contribution in [0.5, 0.6) is 0 Å². The van der Waals surface area contributed by atoms with Crippen LogP contribution in [0.4, 0.5) is 14.9 Å². The summed E-state index contributed by atoms with van der Waals surface area (Å²) in [4.78, 5) is 17.6. The summed E-state index contributed by atoms with van der Waals surface area (Å²) in [7, 11) is 0. The molecule has 0 radical (unpaired) electrons. The van der Waals surface area contributed by atoms with Crippen molar-refractivity contribution in [2.75, 3.05) is 5.32 Å². The van der Waals surface area contributed by atoms with Crippen LogP contribution in [0.25, 0.3) is 11.1 Å². The van der Waals surface area contributed by atoms with E-state index in [-0.39, 0.29) is 17.3 Å². The summed E-state index contributed by atoms with van der Waals surface area (Å²) in [5.41, 5.74) is 0.925. The molecular formula is C22H26ClFN4O4S. The molecule has 0 aliphatic carbocycles. The number of fused-ring (bicyclic) bond motifs is 1. The number of alkyl halides is 1. The third-order valence-electron chi connectivity index (χ3n) is 4.60. The van der Waals surface area contributed by atoms with Crippen molar-refractivity contribution in [3.05, 3.63) is 44.9 Å². The Hall–Kier alpha value is -2.85. The first kappa shape index (κ1) is 24.8. The lowest BCUT2D eigenvalue weighted by Crippen LogP contribution is -2.44. The Balaban J connectivity index is 1.94. The quantitative estimate of drug-likeness (QED) is 0.158. The van der Waals surface area contributed by atoms with Gasteiger partial charge in [0.2, 0.25) is 0 Å². The Bertz CT molecular complexity index is 1130. The zero-order valence-electron chi connectivity index (χ0n) is 18.7. The van der Waals surface area contributed by atoms with E-state index >= 15 is 0 Å². The number of anilines is 1. The number of thiophene rings is 1. The monoisotopic (exact) mass is 496 g/mol. The first-order valence-electron chi connectivity index (χ1n) is 10.3. The van der Waals surface area contributed by atoms with Gasteiger partial charge in [0.05, 0.1) is 23.5 Å². The van der Waals surface area contributed by atoms with Gasteiger partial charge < -0.3 is 25.0 Å². The fourth-order valence-corrected chi connectivity index (χ4v) is 3.99. The number of rotatable bonds is 8. The minimum atomic E-state index is -1.42. The highest BCUT2D eigenvalue weighted by molar-refractivity contribution is 7.09. The highest BCUT2D eigenvalue weighted by atomic mass is 35.5. The van der Waals surface area contributed by atoms with Gasteiger partial charge in [0.15, 0.2) is 5.58 Å². The topological polar surface area (TPSA) is 109 Å². The normalized spacial score (nSPS) is 13.9. The largest absolute Gasteiger partial charge is 0.456 e. The van der Waals surface area contributed by atoms with Gasteiger partial charge in [-0.15, -0.1) is 11.3 Å². The van der Waals surface area contributed by atoms with Crippen molar-refractivity contribution in [2.24, 2.45) is 5.16 Å². The van der Waals surface area contributed by atoms with Gasteiger partial charge in [0.1, 0.15) is 28.2 Å². The summed E-state index contributed by atoms with van der Waals surface area (Å²) in [6.45, 7) is 7.02. The molecule has 0 aliphatic rings. The molecule has 0 saturated carbocycles. The van der Waals surface area contributed by atoms with Crippen molar-refractivity contribution >= 4 is 52.0 Å². The van der Waals surface area contributed by atoms with Crippen molar-refractivity contribution < 1.29 is 23.5 Å². The summed E-state index contributed by atoms with van der Waals surface area (Å²) in [6.07, 6.45) is -1.04. The zero-order chi connectivity index (χ0) is 24.2. The van der Waals surface area contributed by atoms with Gasteiger partial charge in [-0.3, -0.25) is 0 Å². The Morgan fingerprint density at radius 3 is 2.85 bits per heavy atom. The fourth-order valence-electron chi connectivity index (χ4n) is 3.15. The average molecular weight is 497 g/mol. The second kappa shape index (κ2) is 10.4. The number of alkyl carbamates (subject to hydrolysis) is 1. The van der Waals surface area contributed by atoms with Gasteiger partial charge in [0.25, 0.3) is 0 Å². The Morgan fingerprint density at radius 2 is 2.24 bits per heavy atom. The molecule has 3 rings (SSSR count). The summed E-state index contributed by atoms with van der Waals surface area (Å²) < 4.78 is 25.7. The van der Waals surface area contributed by atoms with Gasteiger partial charge in [0, 0.05) is 23.9 Å². The van der Waals surface area contributed by atoms with E-state index in [4.69, 9.17) is 20.8 Å². The van der Waals surface area contributed by atoms with Crippen LogP contribution < -0.4 is 10.6 Å². The molecule has 8 nitrogen and oxygen atoms in total. The molecule has 178 valence electrons. The van der Waals surface area contributed by atoms with Crippen molar-refractivity contribution in [2.45, 2.75) is 58.5 Å². The Morgan fingerprint density at radius 1 is 1.48 bits per heavy atom. The van der Waals surface area contributed by atoms with E-state index in [2.05, 4.69) is 20.8 Å². The van der Waals surface area contributed by atoms with E-state index in [0.29, 0.717) is 28.9 Å². The molecule has 0 spiro atoms. The predicted octanol–water partition coefficient (Wildman–Crippen LogP) is 5.76. The van der Waals surface area contributed by atoms with Gasteiger partial charge in [-0.1, -0.05) is 22.8 Å². The lowest BCUT2D eigenvalue weighted by Gasteiger charge is -2.24. The number of ether oxygens (including phenoxy) is 1. The van der Waals surface area contributed by atoms with Crippen LogP contribution in [0.1, 0.15) is 43.9 Å². The Kier molecular flexibility index (Phi) is 7.80. The molecule has 3 N–H and O–H groups in total. The molecule has 3 aromatic heterocycles. The van der Waals surface area contributed by atoms with Crippen LogP contribution in [0.2, 0.25) is 5.15 Å². The van der Waals surface area contributed by atoms with Crippen molar-refractivity contribution in [3.8, 4) is 0 Å². The van der Waals surface area contributed by atoms with Crippen LogP contribution in [0.3, 0.4) is 0 Å². The summed E-state index contributed by atoms with van der Waals surface area (Å²) in [5, 5.41) is 20.3. The van der Waals surface area contributed by atoms with Crippen molar-refractivity contribution in [1.82, 2.24) is 10.3 Å². The number of furan rings is 1. The minimum absolute atomic E-state index is 0.0311. The summed E-state index contributed by atoms with van der Waals surface area (Å²) >= 11 is 7.82. The molecule has 0 bridgehead atoms. The number of carbonyl (C=O) groups excluding carboxylic acids is 1. The summed E-state index contributed by atoms with van der Waals surface area (Å²) in [6, 6.07) is 4.61. The van der Waals surface area contributed by atoms with Gasteiger partial charge >= 0.3 is 6.09 Å². The highest BCUT2D eigenvalue weighted by Gasteiger charge is 2.27. The molecule has 1 amide bonds. The number of halogens is 2. The minimum Gasteiger partial charge on any atom is -0.456 e. The first-order chi connectivity index (χ1) is 15.6. The zero-order valence-corrected chi connectivity index (χ0v) is 20.3. The molecule has 0 unspecified atom stereocenters. The molecular weight excluding hydrogens is 471 g/mol.